The van der Waals surface area contributed by atoms with Crippen LogP contribution < -0.4 is 5.32 Å². The summed E-state index contributed by atoms with van der Waals surface area (Å²) in [6.07, 6.45) is 0.0512. The van der Waals surface area contributed by atoms with Crippen molar-refractivity contribution in [2.45, 2.75) is 32.4 Å². The molecule has 4 rings (SSSR count). The first-order valence-electron chi connectivity index (χ1n) is 10.1. The normalized spacial score (nSPS) is 14.9. The van der Waals surface area contributed by atoms with Crippen molar-refractivity contribution in [1.29, 1.82) is 0 Å². The summed E-state index contributed by atoms with van der Waals surface area (Å²) in [5.41, 5.74) is 1.30. The van der Waals surface area contributed by atoms with Gasteiger partial charge in [0.1, 0.15) is 29.0 Å². The number of fused-ring (bicyclic) bond motifs is 1. The van der Waals surface area contributed by atoms with Gasteiger partial charge in [0.15, 0.2) is 0 Å². The minimum absolute atomic E-state index is 0.0512. The number of benzene rings is 2. The number of carbonyl (C=O) groups is 1. The Bertz CT molecular complexity index is 1090. The minimum Gasteiger partial charge on any atom is -0.396 e. The lowest BCUT2D eigenvalue weighted by molar-refractivity contribution is -0.139. The lowest BCUT2D eigenvalue weighted by Gasteiger charge is -2.42. The SMILES string of the molecule is CC1(C)c2nc(-c3ccc(F)cc3)c(Nc3ccc(F)cc3)n2CCN1C(=O)CCO. The average Bonchev–Trinajstić information content (AvgIpc) is 3.10. The molecule has 1 amide bonds. The molecule has 3 aromatic rings. The molecule has 0 spiro atoms. The van der Waals surface area contributed by atoms with Gasteiger partial charge in [-0.25, -0.2) is 13.8 Å². The summed E-state index contributed by atoms with van der Waals surface area (Å²) in [7, 11) is 0. The van der Waals surface area contributed by atoms with Crippen molar-refractivity contribution in [2.75, 3.05) is 18.5 Å². The first-order valence-corrected chi connectivity index (χ1v) is 10.1. The van der Waals surface area contributed by atoms with Crippen molar-refractivity contribution in [2.24, 2.45) is 0 Å². The highest BCUT2D eigenvalue weighted by atomic mass is 19.1. The van der Waals surface area contributed by atoms with Gasteiger partial charge in [0.05, 0.1) is 12.1 Å². The Balaban J connectivity index is 1.82. The van der Waals surface area contributed by atoms with Crippen LogP contribution >= 0.6 is 0 Å². The topological polar surface area (TPSA) is 70.4 Å². The van der Waals surface area contributed by atoms with Crippen molar-refractivity contribution >= 4 is 17.4 Å². The summed E-state index contributed by atoms with van der Waals surface area (Å²) < 4.78 is 28.9. The number of carbonyl (C=O) groups excluding carboxylic acids is 1. The van der Waals surface area contributed by atoms with E-state index >= 15 is 0 Å². The van der Waals surface area contributed by atoms with Crippen LogP contribution in [0.25, 0.3) is 11.3 Å². The Kier molecular flexibility index (Phi) is 5.49. The zero-order valence-corrected chi connectivity index (χ0v) is 17.4. The van der Waals surface area contributed by atoms with E-state index in [9.17, 15) is 18.7 Å². The molecule has 0 bridgehead atoms. The molecule has 0 fully saturated rings. The van der Waals surface area contributed by atoms with E-state index < -0.39 is 5.54 Å². The summed E-state index contributed by atoms with van der Waals surface area (Å²) in [6.45, 7) is 4.56. The predicted octanol–water partition coefficient (Wildman–Crippen LogP) is 4.03. The number of anilines is 2. The quantitative estimate of drug-likeness (QED) is 0.646. The van der Waals surface area contributed by atoms with Crippen LogP contribution in [0.2, 0.25) is 0 Å². The molecule has 1 aromatic heterocycles. The first-order chi connectivity index (χ1) is 14.8. The fraction of sp³-hybridized carbons (Fsp3) is 0.304. The average molecular weight is 426 g/mol. The molecule has 0 saturated heterocycles. The number of halogens is 2. The van der Waals surface area contributed by atoms with Crippen LogP contribution in [0.4, 0.5) is 20.3 Å². The zero-order valence-electron chi connectivity index (χ0n) is 17.4. The Hall–Kier alpha value is -3.26. The van der Waals surface area contributed by atoms with Gasteiger partial charge in [0.2, 0.25) is 5.91 Å². The fourth-order valence-electron chi connectivity index (χ4n) is 4.01. The molecule has 0 unspecified atom stereocenters. The Morgan fingerprint density at radius 2 is 1.68 bits per heavy atom. The van der Waals surface area contributed by atoms with E-state index in [-0.39, 0.29) is 30.6 Å². The maximum Gasteiger partial charge on any atom is 0.225 e. The summed E-state index contributed by atoms with van der Waals surface area (Å²) in [6, 6.07) is 12.1. The van der Waals surface area contributed by atoms with Crippen LogP contribution in [0.15, 0.2) is 48.5 Å². The van der Waals surface area contributed by atoms with Gasteiger partial charge in [-0.15, -0.1) is 0 Å². The van der Waals surface area contributed by atoms with E-state index in [0.717, 1.165) is 5.56 Å². The summed E-state index contributed by atoms with van der Waals surface area (Å²) in [5.74, 6) is 0.545. The van der Waals surface area contributed by atoms with E-state index in [2.05, 4.69) is 5.32 Å². The van der Waals surface area contributed by atoms with Gasteiger partial charge in [-0.2, -0.15) is 0 Å². The molecule has 31 heavy (non-hydrogen) atoms. The summed E-state index contributed by atoms with van der Waals surface area (Å²) in [5, 5.41) is 12.5. The molecule has 8 heteroatoms. The number of amides is 1. The highest BCUT2D eigenvalue weighted by Crippen LogP contribution is 2.39. The van der Waals surface area contributed by atoms with Gasteiger partial charge in [-0.3, -0.25) is 4.79 Å². The maximum atomic E-state index is 13.5. The van der Waals surface area contributed by atoms with Gasteiger partial charge in [-0.1, -0.05) is 0 Å². The van der Waals surface area contributed by atoms with Gasteiger partial charge in [0, 0.05) is 30.8 Å². The standard InChI is InChI=1S/C23H24F2N4O2/c1-23(2)22-27-20(15-3-5-16(24)6-4-15)21(26-18-9-7-17(25)8-10-18)28(22)12-13-29(23)19(31)11-14-30/h3-10,26,30H,11-14H2,1-2H3. The molecular weight excluding hydrogens is 402 g/mol. The number of nitrogens with zero attached hydrogens (tertiary/aromatic N) is 3. The number of rotatable bonds is 5. The van der Waals surface area contributed by atoms with Gasteiger partial charge in [0.25, 0.3) is 0 Å². The molecule has 0 radical (unpaired) electrons. The molecular formula is C23H24F2N4O2. The molecule has 6 nitrogen and oxygen atoms in total. The lowest BCUT2D eigenvalue weighted by Crippen LogP contribution is -2.52. The zero-order chi connectivity index (χ0) is 22.2. The van der Waals surface area contributed by atoms with Crippen molar-refractivity contribution in [3.63, 3.8) is 0 Å². The Morgan fingerprint density at radius 1 is 1.06 bits per heavy atom. The van der Waals surface area contributed by atoms with Gasteiger partial charge in [-0.05, 0) is 62.4 Å². The third-order valence-corrected chi connectivity index (χ3v) is 5.59. The number of aromatic nitrogens is 2. The summed E-state index contributed by atoms with van der Waals surface area (Å²) >= 11 is 0. The number of hydrogen-bond acceptors (Lipinski definition) is 4. The molecule has 0 atom stereocenters. The molecule has 162 valence electrons. The molecule has 2 N–H and O–H groups in total. The molecule has 2 aromatic carbocycles. The Morgan fingerprint density at radius 3 is 2.29 bits per heavy atom. The van der Waals surface area contributed by atoms with E-state index in [1.807, 2.05) is 18.4 Å². The first kappa shape index (κ1) is 21.0. The van der Waals surface area contributed by atoms with E-state index in [1.165, 1.54) is 24.3 Å². The number of hydrogen-bond donors (Lipinski definition) is 2. The largest absolute Gasteiger partial charge is 0.396 e. The number of aliphatic hydroxyl groups excluding tert-OH is 1. The maximum absolute atomic E-state index is 13.5. The minimum atomic E-state index is -0.720. The smallest absolute Gasteiger partial charge is 0.225 e. The number of nitrogens with one attached hydrogen (secondary N) is 1. The van der Waals surface area contributed by atoms with Crippen LogP contribution in [-0.2, 0) is 16.9 Å². The van der Waals surface area contributed by atoms with Gasteiger partial charge < -0.3 is 19.9 Å². The number of aliphatic hydroxyl groups is 1. The fourth-order valence-corrected chi connectivity index (χ4v) is 4.01. The highest BCUT2D eigenvalue weighted by Gasteiger charge is 2.41. The monoisotopic (exact) mass is 426 g/mol. The van der Waals surface area contributed by atoms with Gasteiger partial charge >= 0.3 is 0 Å². The van der Waals surface area contributed by atoms with E-state index in [1.54, 1.807) is 29.2 Å². The lowest BCUT2D eigenvalue weighted by atomic mass is 9.98. The molecule has 0 aliphatic carbocycles. The van der Waals surface area contributed by atoms with Crippen molar-refractivity contribution < 1.29 is 18.7 Å². The van der Waals surface area contributed by atoms with Crippen molar-refractivity contribution in [3.05, 3.63) is 66.0 Å². The van der Waals surface area contributed by atoms with Crippen molar-refractivity contribution in [1.82, 2.24) is 14.5 Å². The predicted molar refractivity (Wildman–Crippen MR) is 114 cm³/mol. The van der Waals surface area contributed by atoms with E-state index in [0.29, 0.717) is 36.1 Å². The molecule has 2 heterocycles. The number of imidazole rings is 1. The van der Waals surface area contributed by atoms with Crippen LogP contribution in [0.3, 0.4) is 0 Å². The second kappa shape index (κ2) is 8.11. The van der Waals surface area contributed by atoms with E-state index in [4.69, 9.17) is 4.98 Å². The Labute approximate surface area is 179 Å². The van der Waals surface area contributed by atoms with Crippen LogP contribution in [0.5, 0.6) is 0 Å². The third-order valence-electron chi connectivity index (χ3n) is 5.59. The second-order valence-corrected chi connectivity index (χ2v) is 8.00. The van der Waals surface area contributed by atoms with Crippen molar-refractivity contribution in [3.8, 4) is 11.3 Å². The van der Waals surface area contributed by atoms with Crippen LogP contribution in [0.1, 0.15) is 26.1 Å². The molecule has 1 aliphatic rings. The summed E-state index contributed by atoms with van der Waals surface area (Å²) in [4.78, 5) is 19.2. The molecule has 1 aliphatic heterocycles. The highest BCUT2D eigenvalue weighted by molar-refractivity contribution is 5.79. The third kappa shape index (κ3) is 3.90. The second-order valence-electron chi connectivity index (χ2n) is 8.00. The van der Waals surface area contributed by atoms with Crippen LogP contribution in [-0.4, -0.2) is 38.6 Å². The van der Waals surface area contributed by atoms with Crippen LogP contribution in [0, 0.1) is 11.6 Å². The molecule has 0 saturated carbocycles.